The molecule has 37 heavy (non-hydrogen) atoms. The molecule has 12 heteroatoms. The van der Waals surface area contributed by atoms with E-state index in [1.807, 2.05) is 41.3 Å². The second kappa shape index (κ2) is 10.4. The van der Waals surface area contributed by atoms with E-state index in [-0.39, 0.29) is 18.8 Å². The van der Waals surface area contributed by atoms with E-state index in [0.29, 0.717) is 24.3 Å². The predicted molar refractivity (Wildman–Crippen MR) is 135 cm³/mol. The Morgan fingerprint density at radius 3 is 2.68 bits per heavy atom. The van der Waals surface area contributed by atoms with Gasteiger partial charge in [-0.1, -0.05) is 36.4 Å². The van der Waals surface area contributed by atoms with E-state index in [0.717, 1.165) is 16.3 Å². The second-order valence-corrected chi connectivity index (χ2v) is 9.28. The van der Waals surface area contributed by atoms with Crippen LogP contribution < -0.4 is 11.5 Å². The summed E-state index contributed by atoms with van der Waals surface area (Å²) >= 11 is 0. The fourth-order valence-electron chi connectivity index (χ4n) is 4.70. The van der Waals surface area contributed by atoms with Gasteiger partial charge in [-0.3, -0.25) is 14.3 Å². The first kappa shape index (κ1) is 25.0. The van der Waals surface area contributed by atoms with E-state index in [2.05, 4.69) is 21.0 Å². The van der Waals surface area contributed by atoms with Crippen molar-refractivity contribution in [2.75, 3.05) is 18.8 Å². The van der Waals surface area contributed by atoms with E-state index in [9.17, 15) is 20.1 Å². The maximum absolute atomic E-state index is 11.3. The van der Waals surface area contributed by atoms with Crippen molar-refractivity contribution in [3.8, 4) is 0 Å². The van der Waals surface area contributed by atoms with Crippen LogP contribution in [0.4, 0.5) is 5.82 Å². The largest absolute Gasteiger partial charge is 0.480 e. The van der Waals surface area contributed by atoms with Gasteiger partial charge in [-0.15, -0.1) is 0 Å². The number of fused-ring (bicyclic) bond motifs is 2. The Bertz CT molecular complexity index is 1410. The van der Waals surface area contributed by atoms with Gasteiger partial charge in [0.2, 0.25) is 0 Å². The monoisotopic (exact) mass is 507 g/mol. The van der Waals surface area contributed by atoms with Crippen LogP contribution in [0.3, 0.4) is 0 Å². The van der Waals surface area contributed by atoms with Gasteiger partial charge in [0.05, 0.1) is 6.33 Å². The van der Waals surface area contributed by atoms with Crippen LogP contribution in [-0.4, -0.2) is 83.2 Å². The van der Waals surface area contributed by atoms with Crippen LogP contribution in [0.15, 0.2) is 55.1 Å². The molecular formula is C25H29N7O5. The summed E-state index contributed by atoms with van der Waals surface area (Å²) in [5.41, 5.74) is 13.4. The maximum Gasteiger partial charge on any atom is 0.320 e. The molecule has 5 atom stereocenters. The normalized spacial score (nSPS) is 22.7. The lowest BCUT2D eigenvalue weighted by Crippen LogP contribution is -2.42. The van der Waals surface area contributed by atoms with Crippen LogP contribution in [0, 0.1) is 0 Å². The molecule has 0 bridgehead atoms. The number of aliphatic hydroxyl groups is 2. The average molecular weight is 508 g/mol. The second-order valence-electron chi connectivity index (χ2n) is 9.28. The highest BCUT2D eigenvalue weighted by Crippen LogP contribution is 2.32. The summed E-state index contributed by atoms with van der Waals surface area (Å²) in [6.45, 7) is 1.06. The molecule has 7 N–H and O–H groups in total. The minimum absolute atomic E-state index is 0.199. The fourth-order valence-corrected chi connectivity index (χ4v) is 4.70. The molecule has 0 aliphatic carbocycles. The number of nitrogens with zero attached hydrogens (tertiary/aromatic N) is 5. The number of nitrogen functional groups attached to an aromatic ring is 1. The Balaban J connectivity index is 1.36. The topological polar surface area (TPSA) is 186 Å². The number of rotatable bonds is 9. The van der Waals surface area contributed by atoms with Gasteiger partial charge in [0, 0.05) is 19.6 Å². The number of anilines is 1. The molecule has 4 aromatic rings. The van der Waals surface area contributed by atoms with Crippen LogP contribution in [0.5, 0.6) is 0 Å². The quantitative estimate of drug-likeness (QED) is 0.212. The van der Waals surface area contributed by atoms with E-state index in [1.54, 1.807) is 0 Å². The van der Waals surface area contributed by atoms with Crippen molar-refractivity contribution in [1.29, 1.82) is 0 Å². The number of aromatic nitrogens is 4. The van der Waals surface area contributed by atoms with Crippen molar-refractivity contribution in [2.45, 2.75) is 43.5 Å². The highest BCUT2D eigenvalue weighted by Gasteiger charge is 2.45. The van der Waals surface area contributed by atoms with Crippen LogP contribution in [0.1, 0.15) is 18.2 Å². The van der Waals surface area contributed by atoms with Gasteiger partial charge in [-0.2, -0.15) is 0 Å². The first-order chi connectivity index (χ1) is 17.8. The van der Waals surface area contributed by atoms with Gasteiger partial charge >= 0.3 is 5.97 Å². The summed E-state index contributed by atoms with van der Waals surface area (Å²) in [6, 6.07) is 13.1. The molecule has 0 radical (unpaired) electrons. The third kappa shape index (κ3) is 5.10. The predicted octanol–water partition coefficient (Wildman–Crippen LogP) is 0.485. The van der Waals surface area contributed by atoms with Crippen molar-refractivity contribution >= 4 is 33.7 Å². The number of nitrogens with two attached hydrogens (primary N) is 2. The number of aliphatic hydroxyl groups excluding tert-OH is 2. The lowest BCUT2D eigenvalue weighted by atomic mass is 10.1. The van der Waals surface area contributed by atoms with Gasteiger partial charge in [0.15, 0.2) is 17.7 Å². The molecule has 0 spiro atoms. The van der Waals surface area contributed by atoms with Crippen LogP contribution in [0.2, 0.25) is 0 Å². The molecule has 12 nitrogen and oxygen atoms in total. The summed E-state index contributed by atoms with van der Waals surface area (Å²) < 4.78 is 7.63. The molecule has 3 heterocycles. The minimum atomic E-state index is -1.25. The van der Waals surface area contributed by atoms with E-state index < -0.39 is 36.6 Å². The number of hydrogen-bond acceptors (Lipinski definition) is 10. The standard InChI is InChI=1S/C25H29N7O5/c26-17(25(35)36)7-8-31(10-14-5-6-15-3-1-2-4-16(15)9-14)11-18-20(33)21(34)24(37-18)32-13-30-19-22(27)28-12-29-23(19)32/h1-6,9,12-13,17-18,20-21,24,33-34H,7-8,10-11,26H2,(H,35,36)(H2,27,28,29)/t17-,18+,20?,21-,24+/m0/s1. The summed E-state index contributed by atoms with van der Waals surface area (Å²) in [7, 11) is 0. The smallest absolute Gasteiger partial charge is 0.320 e. The Hall–Kier alpha value is -3.68. The zero-order valence-electron chi connectivity index (χ0n) is 20.0. The van der Waals surface area contributed by atoms with Crippen molar-refractivity contribution < 1.29 is 24.9 Å². The molecule has 5 rings (SSSR count). The number of carboxylic acid groups (broad SMARTS) is 1. The molecule has 1 saturated heterocycles. The Kier molecular flexibility index (Phi) is 7.00. The molecule has 0 amide bonds. The zero-order valence-corrected chi connectivity index (χ0v) is 20.0. The summed E-state index contributed by atoms with van der Waals surface area (Å²) in [5, 5.41) is 33.1. The SMILES string of the molecule is Nc1ncnc2c1ncn2[C@@H]1O[C@H](CN(CC[C@H](N)C(=O)O)Cc2ccc3ccccc3c2)C(O)[C@@H]1O. The number of aliphatic carboxylic acids is 1. The summed E-state index contributed by atoms with van der Waals surface area (Å²) in [6.07, 6.45) is -1.21. The number of benzene rings is 2. The number of carboxylic acids is 1. The number of hydrogen-bond donors (Lipinski definition) is 5. The van der Waals surface area contributed by atoms with E-state index >= 15 is 0 Å². The van der Waals surface area contributed by atoms with Gasteiger partial charge < -0.3 is 31.5 Å². The lowest BCUT2D eigenvalue weighted by Gasteiger charge is -2.27. The number of imidazole rings is 1. The van der Waals surface area contributed by atoms with Crippen molar-refractivity contribution in [3.63, 3.8) is 0 Å². The first-order valence-electron chi connectivity index (χ1n) is 11.9. The molecular weight excluding hydrogens is 478 g/mol. The fraction of sp³-hybridized carbons (Fsp3) is 0.360. The van der Waals surface area contributed by atoms with Crippen molar-refractivity contribution in [1.82, 2.24) is 24.4 Å². The average Bonchev–Trinajstić information content (AvgIpc) is 3.44. The first-order valence-corrected chi connectivity index (χ1v) is 11.9. The molecule has 0 saturated carbocycles. The van der Waals surface area contributed by atoms with E-state index in [1.165, 1.54) is 17.2 Å². The van der Waals surface area contributed by atoms with E-state index in [4.69, 9.17) is 16.2 Å². The molecule has 2 aromatic carbocycles. The van der Waals surface area contributed by atoms with Gasteiger partial charge in [-0.05, 0) is 28.8 Å². The summed E-state index contributed by atoms with van der Waals surface area (Å²) in [5.74, 6) is -0.879. The highest BCUT2D eigenvalue weighted by atomic mass is 16.6. The molecule has 1 aliphatic rings. The van der Waals surface area contributed by atoms with Crippen molar-refractivity contribution in [2.24, 2.45) is 5.73 Å². The lowest BCUT2D eigenvalue weighted by molar-refractivity contribution is -0.138. The maximum atomic E-state index is 11.3. The zero-order chi connectivity index (χ0) is 26.1. The third-order valence-corrected chi connectivity index (χ3v) is 6.73. The third-order valence-electron chi connectivity index (χ3n) is 6.73. The molecule has 2 aromatic heterocycles. The molecule has 1 fully saturated rings. The summed E-state index contributed by atoms with van der Waals surface area (Å²) in [4.78, 5) is 25.6. The Labute approximate surface area is 212 Å². The number of carbonyl (C=O) groups is 1. The Morgan fingerprint density at radius 1 is 1.11 bits per heavy atom. The van der Waals surface area contributed by atoms with Crippen LogP contribution >= 0.6 is 0 Å². The highest BCUT2D eigenvalue weighted by molar-refractivity contribution is 5.83. The minimum Gasteiger partial charge on any atom is -0.480 e. The Morgan fingerprint density at radius 2 is 1.89 bits per heavy atom. The van der Waals surface area contributed by atoms with Gasteiger partial charge in [0.1, 0.15) is 36.2 Å². The van der Waals surface area contributed by atoms with Crippen LogP contribution in [-0.2, 0) is 16.1 Å². The molecule has 1 unspecified atom stereocenters. The van der Waals surface area contributed by atoms with Gasteiger partial charge in [0.25, 0.3) is 0 Å². The molecule has 1 aliphatic heterocycles. The number of ether oxygens (including phenoxy) is 1. The molecule has 194 valence electrons. The van der Waals surface area contributed by atoms with Crippen LogP contribution in [0.25, 0.3) is 21.9 Å². The van der Waals surface area contributed by atoms with Gasteiger partial charge in [-0.25, -0.2) is 15.0 Å². The van der Waals surface area contributed by atoms with Crippen molar-refractivity contribution in [3.05, 3.63) is 60.7 Å².